The minimum absolute atomic E-state index is 0.0940. The number of carbonyl (C=O) groups excluding carboxylic acids is 2. The van der Waals surface area contributed by atoms with E-state index in [-0.39, 0.29) is 37.2 Å². The van der Waals surface area contributed by atoms with Crippen LogP contribution in [-0.2, 0) is 20.5 Å². The van der Waals surface area contributed by atoms with Gasteiger partial charge in [0.25, 0.3) is 0 Å². The summed E-state index contributed by atoms with van der Waals surface area (Å²) >= 11 is 0. The van der Waals surface area contributed by atoms with Crippen LogP contribution in [-0.4, -0.2) is 43.0 Å². The highest BCUT2D eigenvalue weighted by atomic mass is 19.4. The highest BCUT2D eigenvalue weighted by Gasteiger charge is 2.33. The molecule has 1 aromatic rings. The molecule has 0 saturated carbocycles. The Morgan fingerprint density at radius 3 is 2.46 bits per heavy atom. The topological polar surface area (TPSA) is 58.6 Å². The number of halogens is 3. The number of hydrogen-bond donors (Lipinski definition) is 1. The maximum absolute atomic E-state index is 12.9. The van der Waals surface area contributed by atoms with Crippen molar-refractivity contribution in [3.8, 4) is 0 Å². The van der Waals surface area contributed by atoms with Crippen LogP contribution in [0.1, 0.15) is 25.8 Å². The molecule has 0 aliphatic rings. The second-order valence-electron chi connectivity index (χ2n) is 5.25. The van der Waals surface area contributed by atoms with Gasteiger partial charge in [0.05, 0.1) is 30.3 Å². The number of methoxy groups -OCH3 is 1. The third kappa shape index (κ3) is 5.84. The van der Waals surface area contributed by atoms with E-state index in [9.17, 15) is 22.8 Å². The summed E-state index contributed by atoms with van der Waals surface area (Å²) in [5, 5.41) is 2.22. The first kappa shape index (κ1) is 20.0. The van der Waals surface area contributed by atoms with Crippen LogP contribution < -0.4 is 5.32 Å². The van der Waals surface area contributed by atoms with Crippen LogP contribution in [0.2, 0.25) is 0 Å². The van der Waals surface area contributed by atoms with Gasteiger partial charge >= 0.3 is 6.18 Å². The summed E-state index contributed by atoms with van der Waals surface area (Å²) in [7, 11) is 1.47. The lowest BCUT2D eigenvalue weighted by Gasteiger charge is -2.22. The number of ether oxygens (including phenoxy) is 1. The molecule has 0 saturated heterocycles. The molecule has 0 aliphatic carbocycles. The van der Waals surface area contributed by atoms with Crippen LogP contribution >= 0.6 is 0 Å². The van der Waals surface area contributed by atoms with Gasteiger partial charge in [-0.1, -0.05) is 12.1 Å². The van der Waals surface area contributed by atoms with Crippen LogP contribution in [0.4, 0.5) is 18.9 Å². The molecular formula is C16H21F3N2O3. The van der Waals surface area contributed by atoms with Crippen molar-refractivity contribution in [3.05, 3.63) is 29.8 Å². The number of nitrogens with one attached hydrogen (secondary N) is 1. The van der Waals surface area contributed by atoms with Gasteiger partial charge in [-0.05, 0) is 26.0 Å². The Bertz CT molecular complexity index is 576. The Kier molecular flexibility index (Phi) is 7.21. The van der Waals surface area contributed by atoms with Crippen molar-refractivity contribution in [2.24, 2.45) is 0 Å². The molecular weight excluding hydrogens is 325 g/mol. The van der Waals surface area contributed by atoms with Crippen LogP contribution in [0, 0.1) is 0 Å². The van der Waals surface area contributed by atoms with Gasteiger partial charge < -0.3 is 15.0 Å². The zero-order chi connectivity index (χ0) is 18.3. The van der Waals surface area contributed by atoms with E-state index in [1.54, 1.807) is 13.8 Å². The fourth-order valence-corrected chi connectivity index (χ4v) is 2.04. The monoisotopic (exact) mass is 346 g/mol. The minimum atomic E-state index is -4.57. The van der Waals surface area contributed by atoms with Gasteiger partial charge in [0.1, 0.15) is 0 Å². The summed E-state index contributed by atoms with van der Waals surface area (Å²) in [6.07, 6.45) is -4.78. The van der Waals surface area contributed by atoms with Gasteiger partial charge in [-0.2, -0.15) is 13.2 Å². The van der Waals surface area contributed by atoms with E-state index in [0.717, 1.165) is 6.07 Å². The smallest absolute Gasteiger partial charge is 0.381 e. The zero-order valence-electron chi connectivity index (χ0n) is 13.8. The van der Waals surface area contributed by atoms with Gasteiger partial charge in [-0.25, -0.2) is 0 Å². The average Bonchev–Trinajstić information content (AvgIpc) is 2.51. The minimum Gasteiger partial charge on any atom is -0.381 e. The molecule has 1 atom stereocenters. The number of nitrogens with zero attached hydrogens (tertiary/aromatic N) is 1. The molecule has 0 spiro atoms. The van der Waals surface area contributed by atoms with E-state index in [2.05, 4.69) is 5.32 Å². The lowest BCUT2D eigenvalue weighted by Crippen LogP contribution is -2.39. The molecule has 5 nitrogen and oxygen atoms in total. The van der Waals surface area contributed by atoms with E-state index in [1.807, 2.05) is 0 Å². The number of para-hydroxylation sites is 1. The number of amides is 2. The number of alkyl halides is 3. The normalized spacial score (nSPS) is 12.6. The van der Waals surface area contributed by atoms with E-state index < -0.39 is 17.6 Å². The maximum Gasteiger partial charge on any atom is 0.418 e. The Morgan fingerprint density at radius 1 is 1.29 bits per heavy atom. The van der Waals surface area contributed by atoms with Crippen LogP contribution in [0.3, 0.4) is 0 Å². The summed E-state index contributed by atoms with van der Waals surface area (Å²) in [6, 6.07) is 4.70. The third-order valence-corrected chi connectivity index (χ3v) is 3.44. The Hall–Kier alpha value is -2.09. The lowest BCUT2D eigenvalue weighted by molar-refractivity contribution is -0.138. The molecule has 8 heteroatoms. The van der Waals surface area contributed by atoms with E-state index in [0.29, 0.717) is 0 Å². The molecule has 24 heavy (non-hydrogen) atoms. The number of hydrogen-bond acceptors (Lipinski definition) is 3. The molecule has 1 N–H and O–H groups in total. The highest BCUT2D eigenvalue weighted by Crippen LogP contribution is 2.34. The zero-order valence-corrected chi connectivity index (χ0v) is 13.8. The maximum atomic E-state index is 12.9. The summed E-state index contributed by atoms with van der Waals surface area (Å²) < 4.78 is 43.7. The van der Waals surface area contributed by atoms with Crippen molar-refractivity contribution in [1.29, 1.82) is 0 Å². The first-order chi connectivity index (χ1) is 11.2. The molecule has 134 valence electrons. The quantitative estimate of drug-likeness (QED) is 0.826. The van der Waals surface area contributed by atoms with Crippen LogP contribution in [0.25, 0.3) is 0 Å². The van der Waals surface area contributed by atoms with Crippen molar-refractivity contribution in [3.63, 3.8) is 0 Å². The lowest BCUT2D eigenvalue weighted by atomic mass is 10.1. The van der Waals surface area contributed by atoms with Crippen molar-refractivity contribution < 1.29 is 27.5 Å². The average molecular weight is 346 g/mol. The van der Waals surface area contributed by atoms with Gasteiger partial charge in [-0.15, -0.1) is 0 Å². The third-order valence-electron chi connectivity index (χ3n) is 3.44. The molecule has 0 fully saturated rings. The first-order valence-corrected chi connectivity index (χ1v) is 7.45. The molecule has 0 aliphatic heterocycles. The van der Waals surface area contributed by atoms with Crippen molar-refractivity contribution in [2.75, 3.05) is 25.5 Å². The second kappa shape index (κ2) is 8.68. The predicted octanol–water partition coefficient (Wildman–Crippen LogP) is 2.92. The van der Waals surface area contributed by atoms with Crippen LogP contribution in [0.5, 0.6) is 0 Å². The number of anilines is 1. The summed E-state index contributed by atoms with van der Waals surface area (Å²) in [5.74, 6) is -0.988. The van der Waals surface area contributed by atoms with Crippen molar-refractivity contribution in [2.45, 2.75) is 32.5 Å². The summed E-state index contributed by atoms with van der Waals surface area (Å²) in [6.45, 7) is 3.35. The highest BCUT2D eigenvalue weighted by molar-refractivity contribution is 5.95. The predicted molar refractivity (Wildman–Crippen MR) is 83.4 cm³/mol. The molecule has 0 radical (unpaired) electrons. The molecule has 0 bridgehead atoms. The molecule has 1 rings (SSSR count). The molecule has 0 heterocycles. The van der Waals surface area contributed by atoms with Gasteiger partial charge in [0.2, 0.25) is 11.8 Å². The van der Waals surface area contributed by atoms with Crippen molar-refractivity contribution in [1.82, 2.24) is 4.90 Å². The van der Waals surface area contributed by atoms with Crippen LogP contribution in [0.15, 0.2) is 24.3 Å². The second-order valence-corrected chi connectivity index (χ2v) is 5.25. The van der Waals surface area contributed by atoms with E-state index in [4.69, 9.17) is 4.74 Å². The number of benzene rings is 1. The fraction of sp³-hybridized carbons (Fsp3) is 0.500. The van der Waals surface area contributed by atoms with Crippen molar-refractivity contribution >= 4 is 17.5 Å². The first-order valence-electron chi connectivity index (χ1n) is 7.45. The molecule has 2 amide bonds. The fourth-order valence-electron chi connectivity index (χ4n) is 2.04. The standard InChI is InChI=1S/C16H21F3N2O3/c1-4-21(15(23)9-11(2)24-3)10-14(22)20-13-8-6-5-7-12(13)16(17,18)19/h5-8,11H,4,9-10H2,1-3H3,(H,20,22). The molecule has 1 unspecified atom stereocenters. The molecule has 1 aromatic carbocycles. The van der Waals surface area contributed by atoms with E-state index >= 15 is 0 Å². The largest absolute Gasteiger partial charge is 0.418 e. The Morgan fingerprint density at radius 2 is 1.92 bits per heavy atom. The summed E-state index contributed by atoms with van der Waals surface area (Å²) in [4.78, 5) is 25.3. The van der Waals surface area contributed by atoms with Gasteiger partial charge in [0, 0.05) is 13.7 Å². The summed E-state index contributed by atoms with van der Waals surface area (Å²) in [5.41, 5.74) is -1.26. The Balaban J connectivity index is 2.77. The number of carbonyl (C=O) groups is 2. The van der Waals surface area contributed by atoms with E-state index in [1.165, 1.54) is 30.2 Å². The number of rotatable bonds is 7. The van der Waals surface area contributed by atoms with Gasteiger partial charge in [0.15, 0.2) is 0 Å². The SMILES string of the molecule is CCN(CC(=O)Nc1ccccc1C(F)(F)F)C(=O)CC(C)OC. The van der Waals surface area contributed by atoms with Gasteiger partial charge in [-0.3, -0.25) is 9.59 Å². The Labute approximate surface area is 138 Å². The number of likely N-dealkylation sites (N-methyl/N-ethyl adjacent to an activating group) is 1. The molecule has 0 aromatic heterocycles.